The lowest BCUT2D eigenvalue weighted by atomic mass is 9.97. The molecule has 8 aliphatic rings. The molecule has 690 valence electrons. The van der Waals surface area contributed by atoms with Crippen molar-refractivity contribution in [3.63, 3.8) is 0 Å². The molecule has 2 saturated heterocycles. The molecule has 0 spiro atoms. The van der Waals surface area contributed by atoms with Crippen LogP contribution in [-0.4, -0.2) is 215 Å². The van der Waals surface area contributed by atoms with Crippen LogP contribution in [0.4, 0.5) is 9.59 Å². The zero-order chi connectivity index (χ0) is 90.8. The number of nitrogens with zero attached hydrogens (tertiary/aromatic N) is 12. The molecule has 2 N–H and O–H groups in total. The number of thioether (sulfide) groups is 12. The lowest BCUT2D eigenvalue weighted by molar-refractivity contribution is -0.744. The Bertz CT molecular complexity index is 4980. The summed E-state index contributed by atoms with van der Waals surface area (Å²) in [6.07, 6.45) is 72.3. The molecule has 2 fully saturated rings. The number of carbonyl (C=O) groups excluding carboxylic acids is 6. The molecule has 2 aromatic carbocycles. The first-order chi connectivity index (χ1) is 61.0. The Kier molecular flexibility index (Phi) is 48.2. The van der Waals surface area contributed by atoms with E-state index in [1.807, 2.05) is 107 Å². The maximum absolute atomic E-state index is 13.0. The zero-order valence-corrected chi connectivity index (χ0v) is 83.3. The molecule has 8 aliphatic heterocycles. The van der Waals surface area contributed by atoms with Crippen molar-refractivity contribution in [2.75, 3.05) is 108 Å². The lowest BCUT2D eigenvalue weighted by Gasteiger charge is -2.41. The number of rotatable bonds is 31. The number of hydrogen-bond acceptors (Lipinski definition) is 22. The van der Waals surface area contributed by atoms with Crippen molar-refractivity contribution in [3.05, 3.63) is 317 Å². The zero-order valence-electron chi connectivity index (χ0n) is 73.5. The number of fused-ring (bicyclic) bond motifs is 2. The maximum Gasteiger partial charge on any atom is 0.325 e. The number of amides is 8. The molecular formula is C97H128N14O6S12+4. The van der Waals surface area contributed by atoms with Crippen LogP contribution in [0.25, 0.3) is 11.4 Å². The normalized spacial score (nSPS) is 18.5. The van der Waals surface area contributed by atoms with Crippen LogP contribution in [0.5, 0.6) is 0 Å². The van der Waals surface area contributed by atoms with Crippen LogP contribution in [-0.2, 0) is 45.1 Å². The third-order valence-corrected chi connectivity index (χ3v) is 30.6. The highest BCUT2D eigenvalue weighted by Crippen LogP contribution is 2.43. The van der Waals surface area contributed by atoms with Gasteiger partial charge in [-0.05, 0) is 141 Å². The standard InChI is InChI=1S/C23H24N2O2S2.C15H20N2S2.C15H18N2S2.C15H20N2S2.C15H18N2S2.C11H16N4O4S2.3CH4/c1-15(25-21(27)13-17-9-5-7-11-19(17)23(25)29-3)14-24-20(26)12-16-8-4-6-10-18(16)22(24)28-2;2*1-13(17-10-6-15(19-3)7-11-17)12-16-8-4-14(18-2)5-9-16;2*1-13(17-11-7-5-9-15(17)19-3)12-16-10-6-4-8-14(16)18-2;1-20-6-8(16)14(10(18)12-6)4-3-5-15-9(17)7(21-2)13-11(15)19;;;/h4-11,22-23H,1,12-14H2,2-3H3;4-11,14-15H,1,12H2,2-3H3;4-11H,1,12H2,2-3H3;4-11,14-15H,1,12H2,2-3H3;4-11H,1,12H2,2-3H3;6-7H,3-5H2,1-2H3,(H,12,18)(H,13,19);3*1H4/q;;+2;;+2;;;;. The van der Waals surface area contributed by atoms with Gasteiger partial charge >= 0.3 is 12.1 Å². The van der Waals surface area contributed by atoms with Gasteiger partial charge < -0.3 is 35.1 Å². The molecule has 32 heteroatoms. The molecule has 129 heavy (non-hydrogen) atoms. The molecule has 6 atom stereocenters. The average Bonchev–Trinajstić information content (AvgIpc) is 1.52. The topological polar surface area (TPSA) is 168 Å². The van der Waals surface area contributed by atoms with Gasteiger partial charge in [0.05, 0.1) is 43.2 Å². The number of aromatic nitrogens is 4. The van der Waals surface area contributed by atoms with Crippen molar-refractivity contribution < 1.29 is 47.0 Å². The van der Waals surface area contributed by atoms with Gasteiger partial charge in [0.1, 0.15) is 10.7 Å². The van der Waals surface area contributed by atoms with Gasteiger partial charge in [0.15, 0.2) is 47.9 Å². The van der Waals surface area contributed by atoms with E-state index >= 15 is 0 Å². The van der Waals surface area contributed by atoms with Gasteiger partial charge in [0, 0.05) is 136 Å². The first kappa shape index (κ1) is 110. The number of urea groups is 2. The summed E-state index contributed by atoms with van der Waals surface area (Å²) in [5.41, 5.74) is 9.47. The van der Waals surface area contributed by atoms with E-state index in [-0.39, 0.29) is 69.7 Å². The molecule has 14 rings (SSSR count). The molecular weight excluding hydrogens is 1840 g/mol. The molecule has 0 aliphatic carbocycles. The molecule has 0 radical (unpaired) electrons. The first-order valence-electron chi connectivity index (χ1n) is 40.3. The van der Waals surface area contributed by atoms with Crippen molar-refractivity contribution in [1.82, 2.24) is 49.8 Å². The van der Waals surface area contributed by atoms with E-state index in [2.05, 4.69) is 333 Å². The van der Waals surface area contributed by atoms with Crippen LogP contribution in [0.2, 0.25) is 0 Å². The van der Waals surface area contributed by atoms with Crippen LogP contribution < -0.4 is 28.9 Å². The number of pyridine rings is 4. The Balaban J connectivity index is 0.000000239. The number of carbonyl (C=O) groups is 6. The Morgan fingerprint density at radius 3 is 1.44 bits per heavy atom. The Hall–Kier alpha value is -8.12. The third-order valence-electron chi connectivity index (χ3n) is 20.7. The fourth-order valence-corrected chi connectivity index (χ4v) is 21.2. The summed E-state index contributed by atoms with van der Waals surface area (Å²) in [6, 6.07) is 36.2. The highest BCUT2D eigenvalue weighted by Gasteiger charge is 2.41. The molecule has 0 saturated carbocycles. The number of hydrogen-bond donors (Lipinski definition) is 2. The first-order valence-corrected chi connectivity index (χ1v) is 55.5. The molecule has 20 nitrogen and oxygen atoms in total. The molecule has 4 aromatic heterocycles. The molecule has 8 amide bonds. The second-order valence-corrected chi connectivity index (χ2v) is 39.8. The SMILES string of the molecule is C.C.C.C=C(CN1C(=O)Cc2ccccc2C1SC)N1C(=O)Cc2ccccc2C1SC.C=C(CN1C=CC(SC)C=C1)N1C=CC(SC)C=C1.C=C(CN1C=CC=CC1SC)N1C=CC=CC1SC.C=C(C[n+]1ccc(SC)cc1)[n+]1ccc(SC)cc1.C=C(C[n+]1ccccc1SC)[n+]1ccccc1SC.CSC1NC(=O)N(CCCN2C(=O)NC(SC)C2=O)C1=O. The fourth-order valence-electron chi connectivity index (χ4n) is 14.0. The van der Waals surface area contributed by atoms with Crippen molar-refractivity contribution in [2.24, 2.45) is 0 Å². The van der Waals surface area contributed by atoms with E-state index in [1.165, 1.54) is 48.9 Å². The van der Waals surface area contributed by atoms with E-state index in [1.54, 1.807) is 88.0 Å². The van der Waals surface area contributed by atoms with Gasteiger partial charge in [-0.1, -0.05) is 163 Å². The molecule has 12 heterocycles. The van der Waals surface area contributed by atoms with Gasteiger partial charge in [-0.15, -0.1) is 94.1 Å². The van der Waals surface area contributed by atoms with Gasteiger partial charge in [0.25, 0.3) is 11.8 Å². The van der Waals surface area contributed by atoms with Crippen LogP contribution in [0.1, 0.15) is 61.7 Å². The monoisotopic (exact) mass is 1970 g/mol. The maximum atomic E-state index is 13.0. The fraction of sp³-hybridized carbons (Fsp3) is 0.340. The second kappa shape index (κ2) is 56.7. The van der Waals surface area contributed by atoms with Gasteiger partial charge in [-0.3, -0.25) is 33.9 Å². The third kappa shape index (κ3) is 31.0. The summed E-state index contributed by atoms with van der Waals surface area (Å²) in [5.74, 6) is -0.452. The minimum Gasteiger partial charge on any atom is -0.356 e. The summed E-state index contributed by atoms with van der Waals surface area (Å²) in [7, 11) is 0. The van der Waals surface area contributed by atoms with Gasteiger partial charge in [-0.25, -0.2) is 9.59 Å². The highest BCUT2D eigenvalue weighted by atomic mass is 32.2. The largest absolute Gasteiger partial charge is 0.356 e. The number of imide groups is 2. The summed E-state index contributed by atoms with van der Waals surface area (Å²) < 4.78 is 8.57. The highest BCUT2D eigenvalue weighted by molar-refractivity contribution is 8.01. The van der Waals surface area contributed by atoms with Crippen molar-refractivity contribution in [3.8, 4) is 0 Å². The van der Waals surface area contributed by atoms with E-state index in [0.29, 0.717) is 52.8 Å². The van der Waals surface area contributed by atoms with Crippen molar-refractivity contribution >= 4 is 188 Å². The van der Waals surface area contributed by atoms with Crippen molar-refractivity contribution in [1.29, 1.82) is 0 Å². The summed E-state index contributed by atoms with van der Waals surface area (Å²) in [5, 5.41) is 8.03. The molecule has 0 bridgehead atoms. The number of benzene rings is 2. The second-order valence-electron chi connectivity index (χ2n) is 28.7. The minimum absolute atomic E-state index is 0. The number of allylic oxidation sites excluding steroid dienone is 6. The van der Waals surface area contributed by atoms with Crippen LogP contribution >= 0.6 is 141 Å². The van der Waals surface area contributed by atoms with Gasteiger partial charge in [-0.2, -0.15) is 41.8 Å². The van der Waals surface area contributed by atoms with Crippen LogP contribution in [0.15, 0.2) is 314 Å². The Labute approximate surface area is 819 Å². The number of nitrogens with one attached hydrogen (secondary N) is 2. The predicted molar refractivity (Wildman–Crippen MR) is 562 cm³/mol. The van der Waals surface area contributed by atoms with E-state index in [0.717, 1.165) is 75.5 Å². The van der Waals surface area contributed by atoms with Crippen LogP contribution in [0, 0.1) is 0 Å². The van der Waals surface area contributed by atoms with E-state index < -0.39 is 22.8 Å². The van der Waals surface area contributed by atoms with E-state index in [4.69, 9.17) is 0 Å². The van der Waals surface area contributed by atoms with Gasteiger partial charge in [0.2, 0.25) is 46.3 Å². The molecule has 6 aromatic rings. The predicted octanol–water partition coefficient (Wildman–Crippen LogP) is 19.2. The van der Waals surface area contributed by atoms with Crippen LogP contribution in [0.3, 0.4) is 0 Å². The lowest BCUT2D eigenvalue weighted by Crippen LogP contribution is -2.45. The summed E-state index contributed by atoms with van der Waals surface area (Å²) in [4.78, 5) is 90.1. The Morgan fingerprint density at radius 1 is 0.426 bits per heavy atom. The molecule has 6 unspecified atom stereocenters. The average molecular weight is 1970 g/mol. The quantitative estimate of drug-likeness (QED) is 0.0239. The summed E-state index contributed by atoms with van der Waals surface area (Å²) >= 11 is 20.1. The smallest absolute Gasteiger partial charge is 0.325 e. The summed E-state index contributed by atoms with van der Waals surface area (Å²) in [6.45, 7) is 25.0. The van der Waals surface area contributed by atoms with Crippen molar-refractivity contribution in [2.45, 2.75) is 117 Å². The Morgan fingerprint density at radius 2 is 0.922 bits per heavy atom. The minimum atomic E-state index is -0.546. The van der Waals surface area contributed by atoms with E-state index in [9.17, 15) is 28.8 Å².